The molecule has 0 radical (unpaired) electrons. The summed E-state index contributed by atoms with van der Waals surface area (Å²) in [6, 6.07) is 12.9. The van der Waals surface area contributed by atoms with Gasteiger partial charge in [0.2, 0.25) is 5.88 Å². The smallest absolute Gasteiger partial charge is 0.333 e. The van der Waals surface area contributed by atoms with Crippen molar-refractivity contribution in [3.05, 3.63) is 90.6 Å². The molecule has 0 amide bonds. The van der Waals surface area contributed by atoms with Crippen molar-refractivity contribution in [2.75, 3.05) is 6.61 Å². The van der Waals surface area contributed by atoms with E-state index < -0.39 is 22.1 Å². The molecule has 0 saturated heterocycles. The third-order valence-corrected chi connectivity index (χ3v) is 5.80. The Hall–Kier alpha value is -3.86. The predicted octanol–water partition coefficient (Wildman–Crippen LogP) is 3.11. The Bertz CT molecular complexity index is 1310. The average molecular weight is 471 g/mol. The summed E-state index contributed by atoms with van der Waals surface area (Å²) in [5, 5.41) is 21.7. The lowest BCUT2D eigenvalue weighted by Crippen LogP contribution is -2.39. The van der Waals surface area contributed by atoms with Crippen molar-refractivity contribution in [3.63, 3.8) is 0 Å². The van der Waals surface area contributed by atoms with Crippen molar-refractivity contribution in [2.24, 2.45) is 19.1 Å². The topological polar surface area (TPSA) is 129 Å². The number of hydrogen-bond donors (Lipinski definition) is 1. The highest BCUT2D eigenvalue weighted by Crippen LogP contribution is 2.27. The molecule has 0 unspecified atom stereocenters. The van der Waals surface area contributed by atoms with Crippen LogP contribution in [0.4, 0.5) is 11.4 Å². The SMILES string of the molecule is CCOc1ccc(N=C(SCc2ccc([N+](=O)[O-])cc2)c2c(O)n(C)c(=O)n(C)c2=O)cc1. The molecule has 11 heteroatoms. The van der Waals surface area contributed by atoms with Crippen LogP contribution >= 0.6 is 11.8 Å². The van der Waals surface area contributed by atoms with Crippen LogP contribution in [0.15, 0.2) is 63.1 Å². The lowest BCUT2D eigenvalue weighted by molar-refractivity contribution is -0.384. The number of nitrogens with zero attached hydrogens (tertiary/aromatic N) is 4. The van der Waals surface area contributed by atoms with Gasteiger partial charge in [-0.2, -0.15) is 0 Å². The molecule has 0 aliphatic carbocycles. The van der Waals surface area contributed by atoms with E-state index in [1.807, 2.05) is 6.92 Å². The molecule has 10 nitrogen and oxygen atoms in total. The standard InChI is InChI=1S/C22H22N4O6S/c1-4-32-17-11-7-15(8-12-17)23-19(18-20(27)24(2)22(29)25(3)21(18)28)33-13-14-5-9-16(10-6-14)26(30)31/h5-12,27H,4,13H2,1-3H3. The number of hydrogen-bond acceptors (Lipinski definition) is 8. The van der Waals surface area contributed by atoms with Crippen LogP contribution in [-0.4, -0.2) is 30.8 Å². The first kappa shape index (κ1) is 23.8. The van der Waals surface area contributed by atoms with E-state index in [2.05, 4.69) is 4.99 Å². The van der Waals surface area contributed by atoms with Gasteiger partial charge in [0.15, 0.2) is 0 Å². The van der Waals surface area contributed by atoms with E-state index >= 15 is 0 Å². The first-order chi connectivity index (χ1) is 15.7. The van der Waals surface area contributed by atoms with Gasteiger partial charge in [-0.15, -0.1) is 11.8 Å². The van der Waals surface area contributed by atoms with E-state index in [1.165, 1.54) is 26.2 Å². The quantitative estimate of drug-likeness (QED) is 0.243. The Morgan fingerprint density at radius 3 is 2.30 bits per heavy atom. The molecule has 3 rings (SSSR count). The Morgan fingerprint density at radius 2 is 1.73 bits per heavy atom. The lowest BCUT2D eigenvalue weighted by Gasteiger charge is -2.12. The molecule has 0 bridgehead atoms. The highest BCUT2D eigenvalue weighted by atomic mass is 32.2. The number of aromatic nitrogens is 2. The van der Waals surface area contributed by atoms with Gasteiger partial charge in [0.1, 0.15) is 16.4 Å². The second kappa shape index (κ2) is 10.2. The molecule has 0 aliphatic rings. The fourth-order valence-corrected chi connectivity index (χ4v) is 3.94. The fourth-order valence-electron chi connectivity index (χ4n) is 2.95. The molecular weight excluding hydrogens is 448 g/mol. The molecule has 3 aromatic rings. The summed E-state index contributed by atoms with van der Waals surface area (Å²) < 4.78 is 7.30. The van der Waals surface area contributed by atoms with E-state index in [0.29, 0.717) is 23.8 Å². The molecule has 0 saturated carbocycles. The number of rotatable bonds is 7. The maximum atomic E-state index is 12.9. The van der Waals surface area contributed by atoms with Gasteiger partial charge in [0.25, 0.3) is 11.2 Å². The molecule has 1 N–H and O–H groups in total. The first-order valence-electron chi connectivity index (χ1n) is 9.90. The summed E-state index contributed by atoms with van der Waals surface area (Å²) in [5.74, 6) is 0.487. The van der Waals surface area contributed by atoms with Crippen molar-refractivity contribution < 1.29 is 14.8 Å². The monoisotopic (exact) mass is 470 g/mol. The number of ether oxygens (including phenoxy) is 1. The van der Waals surface area contributed by atoms with Gasteiger partial charge in [-0.1, -0.05) is 12.1 Å². The molecule has 33 heavy (non-hydrogen) atoms. The normalized spacial score (nSPS) is 11.4. The zero-order chi connectivity index (χ0) is 24.1. The van der Waals surface area contributed by atoms with E-state index in [-0.39, 0.29) is 16.3 Å². The predicted molar refractivity (Wildman–Crippen MR) is 127 cm³/mol. The van der Waals surface area contributed by atoms with Crippen LogP contribution in [0.1, 0.15) is 18.1 Å². The maximum Gasteiger partial charge on any atom is 0.333 e. The summed E-state index contributed by atoms with van der Waals surface area (Å²) in [4.78, 5) is 40.0. The van der Waals surface area contributed by atoms with Crippen LogP contribution in [0.5, 0.6) is 11.6 Å². The van der Waals surface area contributed by atoms with Crippen LogP contribution in [0, 0.1) is 10.1 Å². The highest BCUT2D eigenvalue weighted by molar-refractivity contribution is 8.13. The summed E-state index contributed by atoms with van der Waals surface area (Å²) >= 11 is 1.16. The Balaban J connectivity index is 2.04. The maximum absolute atomic E-state index is 12.9. The Morgan fingerprint density at radius 1 is 1.09 bits per heavy atom. The molecule has 1 heterocycles. The summed E-state index contributed by atoms with van der Waals surface area (Å²) in [7, 11) is 2.68. The number of non-ortho nitro benzene ring substituents is 1. The molecule has 0 spiro atoms. The molecular formula is C22H22N4O6S. The van der Waals surface area contributed by atoms with Crippen molar-refractivity contribution in [2.45, 2.75) is 12.7 Å². The van der Waals surface area contributed by atoms with E-state index in [1.54, 1.807) is 36.4 Å². The number of nitro groups is 1. The summed E-state index contributed by atoms with van der Waals surface area (Å²) in [6.45, 7) is 2.39. The van der Waals surface area contributed by atoms with Crippen LogP contribution in [0.2, 0.25) is 0 Å². The number of nitro benzene ring substituents is 1. The molecule has 2 aromatic carbocycles. The van der Waals surface area contributed by atoms with Crippen molar-refractivity contribution in [3.8, 4) is 11.6 Å². The molecule has 0 fully saturated rings. The van der Waals surface area contributed by atoms with Gasteiger partial charge in [0, 0.05) is 32.0 Å². The van der Waals surface area contributed by atoms with Crippen LogP contribution in [-0.2, 0) is 19.8 Å². The van der Waals surface area contributed by atoms with Crippen molar-refractivity contribution >= 4 is 28.2 Å². The van der Waals surface area contributed by atoms with Gasteiger partial charge in [-0.25, -0.2) is 9.79 Å². The lowest BCUT2D eigenvalue weighted by atomic mass is 10.2. The number of aromatic hydroxyl groups is 1. The molecule has 1 aromatic heterocycles. The Labute approximate surface area is 192 Å². The van der Waals surface area contributed by atoms with Crippen LogP contribution in [0.25, 0.3) is 0 Å². The third kappa shape index (κ3) is 5.32. The molecule has 172 valence electrons. The number of thioether (sulfide) groups is 1. The van der Waals surface area contributed by atoms with Gasteiger partial charge in [-0.3, -0.25) is 24.0 Å². The minimum Gasteiger partial charge on any atom is -0.494 e. The van der Waals surface area contributed by atoms with E-state index in [4.69, 9.17) is 4.74 Å². The minimum absolute atomic E-state index is 0.0309. The summed E-state index contributed by atoms with van der Waals surface area (Å²) in [5.41, 5.74) is -0.221. The first-order valence-corrected chi connectivity index (χ1v) is 10.9. The second-order valence-electron chi connectivity index (χ2n) is 6.96. The van der Waals surface area contributed by atoms with Gasteiger partial charge < -0.3 is 9.84 Å². The van der Waals surface area contributed by atoms with Crippen LogP contribution in [0.3, 0.4) is 0 Å². The number of aliphatic imine (C=N–C) groups is 1. The van der Waals surface area contributed by atoms with Crippen molar-refractivity contribution in [1.29, 1.82) is 0 Å². The largest absolute Gasteiger partial charge is 0.494 e. The van der Waals surface area contributed by atoms with Crippen LogP contribution < -0.4 is 16.0 Å². The Kier molecular flexibility index (Phi) is 7.34. The highest BCUT2D eigenvalue weighted by Gasteiger charge is 2.21. The third-order valence-electron chi connectivity index (χ3n) is 4.75. The molecule has 0 aliphatic heterocycles. The van der Waals surface area contributed by atoms with E-state index in [9.17, 15) is 24.8 Å². The van der Waals surface area contributed by atoms with Crippen molar-refractivity contribution in [1.82, 2.24) is 9.13 Å². The van der Waals surface area contributed by atoms with Gasteiger partial charge >= 0.3 is 5.69 Å². The van der Waals surface area contributed by atoms with Gasteiger partial charge in [-0.05, 0) is 36.8 Å². The zero-order valence-corrected chi connectivity index (χ0v) is 19.0. The number of benzene rings is 2. The van der Waals surface area contributed by atoms with E-state index in [0.717, 1.165) is 26.5 Å². The zero-order valence-electron chi connectivity index (χ0n) is 18.2. The fraction of sp³-hybridized carbons (Fsp3) is 0.227. The minimum atomic E-state index is -0.684. The van der Waals surface area contributed by atoms with Gasteiger partial charge in [0.05, 0.1) is 17.2 Å². The average Bonchev–Trinajstić information content (AvgIpc) is 2.81. The second-order valence-corrected chi connectivity index (χ2v) is 7.92. The summed E-state index contributed by atoms with van der Waals surface area (Å²) in [6.07, 6.45) is 0. The molecule has 0 atom stereocenters.